The number of carboxylic acid groups (broad SMARTS) is 1. The van der Waals surface area contributed by atoms with Crippen molar-refractivity contribution in [3.63, 3.8) is 0 Å². The van der Waals surface area contributed by atoms with Crippen molar-refractivity contribution in [2.24, 2.45) is 7.05 Å². The Morgan fingerprint density at radius 2 is 2.38 bits per heavy atom. The predicted molar refractivity (Wildman–Crippen MR) is 45.8 cm³/mol. The molecule has 0 spiro atoms. The Labute approximate surface area is 78.6 Å². The van der Waals surface area contributed by atoms with Gasteiger partial charge in [-0.1, -0.05) is 11.6 Å². The lowest BCUT2D eigenvalue weighted by Crippen LogP contribution is -2.25. The van der Waals surface area contributed by atoms with Crippen molar-refractivity contribution >= 4 is 17.6 Å². The maximum Gasteiger partial charge on any atom is 0.308 e. The van der Waals surface area contributed by atoms with Crippen LogP contribution in [0.5, 0.6) is 0 Å². The topological polar surface area (TPSA) is 72.2 Å². The summed E-state index contributed by atoms with van der Waals surface area (Å²) in [6.45, 7) is 0. The van der Waals surface area contributed by atoms with Gasteiger partial charge in [0.15, 0.2) is 0 Å². The molecule has 1 aromatic heterocycles. The number of halogens is 1. The van der Waals surface area contributed by atoms with Gasteiger partial charge in [-0.15, -0.1) is 0 Å². The molecule has 13 heavy (non-hydrogen) atoms. The number of carbonyl (C=O) groups is 1. The molecule has 1 heterocycles. The first-order valence-electron chi connectivity index (χ1n) is 3.45. The second-order valence-electron chi connectivity index (χ2n) is 2.47. The summed E-state index contributed by atoms with van der Waals surface area (Å²) in [6.07, 6.45) is 0.870. The van der Waals surface area contributed by atoms with Crippen LogP contribution in [-0.4, -0.2) is 20.9 Å². The maximum atomic E-state index is 11.3. The van der Waals surface area contributed by atoms with E-state index in [0.29, 0.717) is 0 Å². The molecular weight excluding hydrogens is 196 g/mol. The van der Waals surface area contributed by atoms with E-state index in [9.17, 15) is 9.59 Å². The van der Waals surface area contributed by atoms with Crippen molar-refractivity contribution in [1.82, 2.24) is 9.78 Å². The average Bonchev–Trinajstić information content (AvgIpc) is 2.05. The van der Waals surface area contributed by atoms with Crippen LogP contribution in [0.25, 0.3) is 0 Å². The minimum Gasteiger partial charge on any atom is -0.481 e. The molecule has 6 heteroatoms. The van der Waals surface area contributed by atoms with Gasteiger partial charge in [-0.05, 0) is 0 Å². The second kappa shape index (κ2) is 3.57. The molecule has 70 valence electrons. The SMILES string of the molecule is Cn1ncc(Cl)c(CC(=O)O)c1=O. The lowest BCUT2D eigenvalue weighted by Gasteiger charge is -2.01. The molecule has 0 bridgehead atoms. The molecule has 0 aliphatic rings. The number of carboxylic acids is 1. The molecule has 0 amide bonds. The minimum atomic E-state index is -1.09. The molecule has 0 saturated heterocycles. The summed E-state index contributed by atoms with van der Waals surface area (Å²) >= 11 is 5.61. The van der Waals surface area contributed by atoms with E-state index in [0.717, 1.165) is 4.68 Å². The van der Waals surface area contributed by atoms with Crippen molar-refractivity contribution in [2.45, 2.75) is 6.42 Å². The van der Waals surface area contributed by atoms with Crippen LogP contribution in [0.1, 0.15) is 5.56 Å². The zero-order valence-corrected chi connectivity index (χ0v) is 7.58. The van der Waals surface area contributed by atoms with Gasteiger partial charge < -0.3 is 5.11 Å². The van der Waals surface area contributed by atoms with Gasteiger partial charge in [-0.3, -0.25) is 9.59 Å². The Kier molecular flexibility index (Phi) is 2.67. The molecule has 0 unspecified atom stereocenters. The molecule has 1 aromatic rings. The summed E-state index contributed by atoms with van der Waals surface area (Å²) in [4.78, 5) is 21.6. The first-order valence-corrected chi connectivity index (χ1v) is 3.82. The van der Waals surface area contributed by atoms with Crippen LogP contribution in [0.15, 0.2) is 11.0 Å². The highest BCUT2D eigenvalue weighted by Crippen LogP contribution is 2.09. The smallest absolute Gasteiger partial charge is 0.308 e. The molecule has 1 N–H and O–H groups in total. The largest absolute Gasteiger partial charge is 0.481 e. The quantitative estimate of drug-likeness (QED) is 0.736. The molecule has 0 atom stereocenters. The summed E-state index contributed by atoms with van der Waals surface area (Å²) in [5.74, 6) is -1.09. The van der Waals surface area contributed by atoms with E-state index >= 15 is 0 Å². The third kappa shape index (κ3) is 2.06. The van der Waals surface area contributed by atoms with E-state index in [2.05, 4.69) is 5.10 Å². The number of hydrogen-bond acceptors (Lipinski definition) is 3. The minimum absolute atomic E-state index is 0.0617. The zero-order chi connectivity index (χ0) is 10.0. The summed E-state index contributed by atoms with van der Waals surface area (Å²) in [6, 6.07) is 0. The maximum absolute atomic E-state index is 11.3. The van der Waals surface area contributed by atoms with Crippen LogP contribution in [0.3, 0.4) is 0 Å². The van der Waals surface area contributed by atoms with E-state index in [1.165, 1.54) is 13.2 Å². The van der Waals surface area contributed by atoms with Crippen LogP contribution < -0.4 is 5.56 Å². The summed E-state index contributed by atoms with van der Waals surface area (Å²) in [5.41, 5.74) is -0.415. The number of aliphatic carboxylic acids is 1. The fourth-order valence-electron chi connectivity index (χ4n) is 0.876. The molecule has 1 rings (SSSR count). The molecule has 0 saturated carbocycles. The van der Waals surface area contributed by atoms with Crippen LogP contribution in [0.2, 0.25) is 5.02 Å². The monoisotopic (exact) mass is 202 g/mol. The standard InChI is InChI=1S/C7H7ClN2O3/c1-10-7(13)4(2-6(11)12)5(8)3-9-10/h3H,2H2,1H3,(H,11,12). The fourth-order valence-corrected chi connectivity index (χ4v) is 1.07. The lowest BCUT2D eigenvalue weighted by molar-refractivity contribution is -0.136. The van der Waals surface area contributed by atoms with Crippen LogP contribution in [-0.2, 0) is 18.3 Å². The van der Waals surface area contributed by atoms with Gasteiger partial charge in [0.25, 0.3) is 5.56 Å². The Morgan fingerprint density at radius 3 is 2.92 bits per heavy atom. The Balaban J connectivity index is 3.26. The van der Waals surface area contributed by atoms with Gasteiger partial charge in [-0.25, -0.2) is 4.68 Å². The average molecular weight is 203 g/mol. The highest BCUT2D eigenvalue weighted by Gasteiger charge is 2.11. The summed E-state index contributed by atoms with van der Waals surface area (Å²) in [5, 5.41) is 12.2. The summed E-state index contributed by atoms with van der Waals surface area (Å²) in [7, 11) is 1.43. The van der Waals surface area contributed by atoms with E-state index in [4.69, 9.17) is 16.7 Å². The third-order valence-corrected chi connectivity index (χ3v) is 1.84. The first kappa shape index (κ1) is 9.73. The van der Waals surface area contributed by atoms with Gasteiger partial charge in [0, 0.05) is 7.05 Å². The number of rotatable bonds is 2. The van der Waals surface area contributed by atoms with Gasteiger partial charge in [0.2, 0.25) is 0 Å². The van der Waals surface area contributed by atoms with Crippen molar-refractivity contribution in [3.8, 4) is 0 Å². The number of nitrogens with zero attached hydrogens (tertiary/aromatic N) is 2. The van der Waals surface area contributed by atoms with E-state index in [-0.39, 0.29) is 17.0 Å². The highest BCUT2D eigenvalue weighted by molar-refractivity contribution is 6.31. The molecule has 0 aromatic carbocycles. The normalized spacial score (nSPS) is 10.0. The lowest BCUT2D eigenvalue weighted by atomic mass is 10.2. The molecular formula is C7H7ClN2O3. The van der Waals surface area contributed by atoms with Gasteiger partial charge in [0.1, 0.15) is 0 Å². The molecule has 0 aliphatic heterocycles. The zero-order valence-electron chi connectivity index (χ0n) is 6.82. The molecule has 5 nitrogen and oxygen atoms in total. The van der Waals surface area contributed by atoms with Crippen LogP contribution in [0.4, 0.5) is 0 Å². The second-order valence-corrected chi connectivity index (χ2v) is 2.88. The van der Waals surface area contributed by atoms with Crippen LogP contribution >= 0.6 is 11.6 Å². The number of aromatic nitrogens is 2. The van der Waals surface area contributed by atoms with Gasteiger partial charge in [-0.2, -0.15) is 5.10 Å². The fraction of sp³-hybridized carbons (Fsp3) is 0.286. The van der Waals surface area contributed by atoms with E-state index in [1.807, 2.05) is 0 Å². The Bertz CT molecular complexity index is 399. The number of aryl methyl sites for hydroxylation is 1. The third-order valence-electron chi connectivity index (χ3n) is 1.51. The van der Waals surface area contributed by atoms with Crippen molar-refractivity contribution in [2.75, 3.05) is 0 Å². The molecule has 0 radical (unpaired) electrons. The molecule has 0 fully saturated rings. The Morgan fingerprint density at radius 1 is 1.77 bits per heavy atom. The Hall–Kier alpha value is -1.36. The summed E-state index contributed by atoms with van der Waals surface area (Å²) < 4.78 is 1.05. The van der Waals surface area contributed by atoms with Crippen LogP contribution in [0, 0.1) is 0 Å². The highest BCUT2D eigenvalue weighted by atomic mass is 35.5. The predicted octanol–water partition coefficient (Wildman–Crippen LogP) is 0.0608. The van der Waals surface area contributed by atoms with Crippen molar-refractivity contribution < 1.29 is 9.90 Å². The molecule has 0 aliphatic carbocycles. The number of hydrogen-bond donors (Lipinski definition) is 1. The van der Waals surface area contributed by atoms with E-state index < -0.39 is 11.5 Å². The van der Waals surface area contributed by atoms with Crippen molar-refractivity contribution in [3.05, 3.63) is 27.1 Å². The van der Waals surface area contributed by atoms with Gasteiger partial charge in [0.05, 0.1) is 23.2 Å². The van der Waals surface area contributed by atoms with Crippen molar-refractivity contribution in [1.29, 1.82) is 0 Å². The van der Waals surface area contributed by atoms with E-state index in [1.54, 1.807) is 0 Å². The first-order chi connectivity index (χ1) is 6.02. The van der Waals surface area contributed by atoms with Gasteiger partial charge >= 0.3 is 5.97 Å².